The lowest BCUT2D eigenvalue weighted by Crippen LogP contribution is -2.52. The minimum atomic E-state index is -1.09. The van der Waals surface area contributed by atoms with Gasteiger partial charge in [0.25, 0.3) is 0 Å². The molecule has 0 saturated carbocycles. The Balaban J connectivity index is 0.000000196. The van der Waals surface area contributed by atoms with E-state index in [1.807, 2.05) is 24.5 Å². The van der Waals surface area contributed by atoms with Crippen LogP contribution < -0.4 is 21.1 Å². The summed E-state index contributed by atoms with van der Waals surface area (Å²) in [6, 6.07) is 5.07. The van der Waals surface area contributed by atoms with Gasteiger partial charge < -0.3 is 30.7 Å². The maximum atomic E-state index is 10.1. The standard InChI is InChI=1S/C11H8ClN3.C5H9NO3.ClH/c12-6-3-8-7-1-2-14-5-10(7)15-11(8)9(13)4-6;7-5(8)4-3-9-2-1-6-4;/h1-5,15H,13H2;4,6H,1-3H2,(H,7,8);1H. The zero-order valence-electron chi connectivity index (χ0n) is 13.2. The molecule has 0 amide bonds. The summed E-state index contributed by atoms with van der Waals surface area (Å²) in [5.41, 5.74) is 8.54. The number of H-pyrrole nitrogens is 2. The number of nitrogens with two attached hydrogens (primary N) is 1. The molecule has 1 unspecified atom stereocenters. The second kappa shape index (κ2) is 8.35. The fourth-order valence-electron chi connectivity index (χ4n) is 2.60. The summed E-state index contributed by atoms with van der Waals surface area (Å²) in [6.45, 7) is 1.41. The summed E-state index contributed by atoms with van der Waals surface area (Å²) in [5, 5.41) is 15.7. The number of halogens is 2. The first kappa shape index (κ1) is 19.3. The molecular formula is C16H18Cl2N4O3. The molecule has 134 valence electrons. The lowest BCUT2D eigenvalue weighted by Gasteiger charge is -2.23. The average Bonchev–Trinajstić information content (AvgIpc) is 2.95. The number of fused-ring (bicyclic) bond motifs is 3. The molecule has 1 atom stereocenters. The van der Waals surface area contributed by atoms with Crippen LogP contribution in [0.3, 0.4) is 0 Å². The van der Waals surface area contributed by atoms with Gasteiger partial charge in [0.05, 0.1) is 36.4 Å². The summed E-state index contributed by atoms with van der Waals surface area (Å²) in [5.74, 6) is -1.09. The van der Waals surface area contributed by atoms with Crippen LogP contribution in [0.5, 0.6) is 0 Å². The van der Waals surface area contributed by atoms with Crippen molar-refractivity contribution < 1.29 is 19.6 Å². The fraction of sp³-hybridized carbons (Fsp3) is 0.250. The van der Waals surface area contributed by atoms with Crippen molar-refractivity contribution in [3.05, 3.63) is 35.6 Å². The van der Waals surface area contributed by atoms with Crippen molar-refractivity contribution in [3.63, 3.8) is 0 Å². The number of aliphatic carboxylic acids is 1. The number of aromatic nitrogens is 2. The molecule has 7 nitrogen and oxygen atoms in total. The van der Waals surface area contributed by atoms with Crippen molar-refractivity contribution >= 4 is 57.5 Å². The third-order valence-corrected chi connectivity index (χ3v) is 3.97. The fourth-order valence-corrected chi connectivity index (χ4v) is 2.83. The number of hydrogen-bond acceptors (Lipinski definition) is 5. The first-order valence-electron chi connectivity index (χ1n) is 7.45. The highest BCUT2D eigenvalue weighted by molar-refractivity contribution is 6.32. The van der Waals surface area contributed by atoms with E-state index in [-0.39, 0.29) is 19.0 Å². The van der Waals surface area contributed by atoms with Crippen molar-refractivity contribution in [1.82, 2.24) is 10.3 Å². The quantitative estimate of drug-likeness (QED) is 0.528. The number of carbonyl (C=O) groups is 1. The van der Waals surface area contributed by atoms with E-state index in [0.29, 0.717) is 23.9 Å². The maximum absolute atomic E-state index is 10.1. The van der Waals surface area contributed by atoms with Crippen LogP contribution >= 0.6 is 24.0 Å². The van der Waals surface area contributed by atoms with Gasteiger partial charge in [0, 0.05) is 28.4 Å². The van der Waals surface area contributed by atoms with Gasteiger partial charge in [0.15, 0.2) is 12.4 Å². The summed E-state index contributed by atoms with van der Waals surface area (Å²) >= 11 is 5.98. The Kier molecular flexibility index (Phi) is 6.44. The zero-order chi connectivity index (χ0) is 17.1. The van der Waals surface area contributed by atoms with Crippen LogP contribution in [0.4, 0.5) is 5.69 Å². The van der Waals surface area contributed by atoms with Gasteiger partial charge in [0.1, 0.15) is 5.52 Å². The lowest BCUT2D eigenvalue weighted by atomic mass is 10.2. The second-order valence-electron chi connectivity index (χ2n) is 5.41. The molecule has 1 aliphatic rings. The molecule has 0 spiro atoms. The predicted octanol–water partition coefficient (Wildman–Crippen LogP) is 0.517. The van der Waals surface area contributed by atoms with E-state index in [2.05, 4.69) is 15.3 Å². The van der Waals surface area contributed by atoms with Crippen molar-refractivity contribution in [1.29, 1.82) is 0 Å². The maximum Gasteiger partial charge on any atom is 0.191 e. The number of morpholine rings is 1. The van der Waals surface area contributed by atoms with Gasteiger partial charge in [-0.05, 0) is 12.1 Å². The molecule has 0 aliphatic carbocycles. The van der Waals surface area contributed by atoms with Gasteiger partial charge in [-0.1, -0.05) is 11.6 Å². The van der Waals surface area contributed by atoms with E-state index in [9.17, 15) is 9.90 Å². The Morgan fingerprint density at radius 3 is 2.84 bits per heavy atom. The number of nitrogen functional groups attached to an aromatic ring is 1. The Bertz CT molecular complexity index is 878. The van der Waals surface area contributed by atoms with Crippen molar-refractivity contribution in [2.45, 2.75) is 6.04 Å². The number of aromatic amines is 2. The molecule has 5 N–H and O–H groups in total. The number of benzene rings is 1. The highest BCUT2D eigenvalue weighted by atomic mass is 35.5. The largest absolute Gasteiger partial charge is 0.548 e. The molecule has 1 aliphatic heterocycles. The number of carbonyl (C=O) groups excluding carboxylic acids is 1. The number of ether oxygens (including phenoxy) is 1. The van der Waals surface area contributed by atoms with Crippen LogP contribution in [0.1, 0.15) is 0 Å². The molecule has 0 bridgehead atoms. The molecule has 2 aromatic heterocycles. The Morgan fingerprint density at radius 2 is 2.20 bits per heavy atom. The van der Waals surface area contributed by atoms with E-state index in [1.54, 1.807) is 6.07 Å². The Hall–Kier alpha value is -2.06. The number of pyridine rings is 1. The molecule has 3 heterocycles. The monoisotopic (exact) mass is 384 g/mol. The average molecular weight is 385 g/mol. The topological polar surface area (TPSA) is 117 Å². The number of carboxylic acids is 1. The Morgan fingerprint density at radius 1 is 1.40 bits per heavy atom. The highest BCUT2D eigenvalue weighted by Gasteiger charge is 2.12. The van der Waals surface area contributed by atoms with Crippen LogP contribution in [0.15, 0.2) is 30.6 Å². The normalized spacial score (nSPS) is 16.8. The molecular weight excluding hydrogens is 367 g/mol. The third kappa shape index (κ3) is 4.32. The predicted molar refractivity (Wildman–Crippen MR) is 96.6 cm³/mol. The minimum Gasteiger partial charge on any atom is -0.548 e. The van der Waals surface area contributed by atoms with Crippen LogP contribution in [-0.4, -0.2) is 36.8 Å². The molecule has 0 radical (unpaired) electrons. The van der Waals surface area contributed by atoms with Crippen LogP contribution in [0.25, 0.3) is 21.8 Å². The molecule has 9 heteroatoms. The SMILES string of the molecule is Cl.Nc1cc(Cl)cc2c1[nH]c1c[nH+]ccc12.O=C([O-])C1COCCN1. The van der Waals surface area contributed by atoms with Gasteiger partial charge in [-0.25, -0.2) is 4.98 Å². The Labute approximate surface area is 154 Å². The summed E-state index contributed by atoms with van der Waals surface area (Å²) in [6.07, 6.45) is 3.79. The second-order valence-corrected chi connectivity index (χ2v) is 5.85. The van der Waals surface area contributed by atoms with E-state index in [0.717, 1.165) is 21.8 Å². The number of carboxylic acid groups (broad SMARTS) is 1. The molecule has 3 aromatic rings. The first-order valence-corrected chi connectivity index (χ1v) is 7.82. The summed E-state index contributed by atoms with van der Waals surface area (Å²) in [4.78, 5) is 16.4. The van der Waals surface area contributed by atoms with Crippen molar-refractivity contribution in [2.24, 2.45) is 0 Å². The van der Waals surface area contributed by atoms with E-state index in [4.69, 9.17) is 22.1 Å². The van der Waals surface area contributed by atoms with Gasteiger partial charge in [-0.2, -0.15) is 0 Å². The molecule has 25 heavy (non-hydrogen) atoms. The molecule has 1 aromatic carbocycles. The lowest BCUT2D eigenvalue weighted by molar-refractivity contribution is -0.376. The van der Waals surface area contributed by atoms with Crippen LogP contribution in [0, 0.1) is 0 Å². The number of anilines is 1. The van der Waals surface area contributed by atoms with Gasteiger partial charge in [0.2, 0.25) is 0 Å². The van der Waals surface area contributed by atoms with Gasteiger partial charge >= 0.3 is 0 Å². The zero-order valence-corrected chi connectivity index (χ0v) is 14.7. The van der Waals surface area contributed by atoms with E-state index < -0.39 is 12.0 Å². The van der Waals surface area contributed by atoms with Gasteiger partial charge in [-0.3, -0.25) is 0 Å². The molecule has 1 saturated heterocycles. The first-order chi connectivity index (χ1) is 11.6. The van der Waals surface area contributed by atoms with E-state index in [1.165, 1.54) is 0 Å². The van der Waals surface area contributed by atoms with Crippen molar-refractivity contribution in [2.75, 3.05) is 25.5 Å². The number of rotatable bonds is 1. The molecule has 1 fully saturated rings. The number of hydrogen-bond donors (Lipinski definition) is 3. The smallest absolute Gasteiger partial charge is 0.191 e. The third-order valence-electron chi connectivity index (χ3n) is 3.75. The van der Waals surface area contributed by atoms with Gasteiger partial charge in [-0.15, -0.1) is 12.4 Å². The van der Waals surface area contributed by atoms with Crippen LogP contribution in [0.2, 0.25) is 5.02 Å². The summed E-state index contributed by atoms with van der Waals surface area (Å²) < 4.78 is 4.86. The van der Waals surface area contributed by atoms with Crippen LogP contribution in [-0.2, 0) is 9.53 Å². The highest BCUT2D eigenvalue weighted by Crippen LogP contribution is 2.30. The molecule has 4 rings (SSSR count). The van der Waals surface area contributed by atoms with E-state index >= 15 is 0 Å². The number of nitrogens with one attached hydrogen (secondary N) is 3. The van der Waals surface area contributed by atoms with Crippen molar-refractivity contribution in [3.8, 4) is 0 Å². The summed E-state index contributed by atoms with van der Waals surface area (Å²) in [7, 11) is 0. The minimum absolute atomic E-state index is 0.